The van der Waals surface area contributed by atoms with Gasteiger partial charge >= 0.3 is 0 Å². The molecule has 1 aliphatic heterocycles. The average Bonchev–Trinajstić information content (AvgIpc) is 2.56. The van der Waals surface area contributed by atoms with Crippen LogP contribution in [0.3, 0.4) is 0 Å². The van der Waals surface area contributed by atoms with Gasteiger partial charge in [-0.15, -0.1) is 0 Å². The van der Waals surface area contributed by atoms with Crippen LogP contribution >= 0.6 is 15.9 Å². The molecule has 25 heavy (non-hydrogen) atoms. The molecular formula is C16H21BrN4O4. The molecule has 1 atom stereocenters. The second kappa shape index (κ2) is 8.91. The Kier molecular flexibility index (Phi) is 6.89. The zero-order valence-corrected chi connectivity index (χ0v) is 15.5. The zero-order valence-electron chi connectivity index (χ0n) is 14.0. The quantitative estimate of drug-likeness (QED) is 0.550. The predicted molar refractivity (Wildman–Crippen MR) is 97.3 cm³/mol. The lowest BCUT2D eigenvalue weighted by molar-refractivity contribution is -0.384. The number of carbonyl (C=O) groups is 2. The summed E-state index contributed by atoms with van der Waals surface area (Å²) in [5.41, 5.74) is 0.443. The lowest BCUT2D eigenvalue weighted by atomic mass is 10.1. The molecule has 0 aliphatic carbocycles. The molecular weight excluding hydrogens is 392 g/mol. The summed E-state index contributed by atoms with van der Waals surface area (Å²) in [5, 5.41) is 16.5. The van der Waals surface area contributed by atoms with Crippen molar-refractivity contribution < 1.29 is 14.5 Å². The molecule has 1 fully saturated rings. The topological polar surface area (TPSA) is 105 Å². The van der Waals surface area contributed by atoms with Crippen molar-refractivity contribution in [3.8, 4) is 0 Å². The number of rotatable bonds is 6. The third-order valence-electron chi connectivity index (χ3n) is 4.00. The van der Waals surface area contributed by atoms with E-state index in [0.717, 1.165) is 19.4 Å². The van der Waals surface area contributed by atoms with Crippen LogP contribution in [-0.4, -0.2) is 47.3 Å². The predicted octanol–water partition coefficient (Wildman–Crippen LogP) is 2.29. The molecule has 1 saturated heterocycles. The van der Waals surface area contributed by atoms with E-state index in [4.69, 9.17) is 0 Å². The molecule has 1 unspecified atom stereocenters. The molecule has 0 saturated carbocycles. The van der Waals surface area contributed by atoms with E-state index in [1.165, 1.54) is 18.2 Å². The second-order valence-electron chi connectivity index (χ2n) is 5.96. The minimum absolute atomic E-state index is 0.0195. The molecule has 1 aliphatic rings. The van der Waals surface area contributed by atoms with Crippen LogP contribution in [-0.2, 0) is 9.59 Å². The molecule has 9 heteroatoms. The van der Waals surface area contributed by atoms with E-state index >= 15 is 0 Å². The maximum absolute atomic E-state index is 12.2. The maximum atomic E-state index is 12.2. The highest BCUT2D eigenvalue weighted by atomic mass is 79.9. The van der Waals surface area contributed by atoms with Gasteiger partial charge in [0.25, 0.3) is 5.69 Å². The number of carbonyl (C=O) groups excluding carboxylic acids is 2. The first-order valence-electron chi connectivity index (χ1n) is 8.14. The van der Waals surface area contributed by atoms with Crippen LogP contribution in [0.15, 0.2) is 22.7 Å². The van der Waals surface area contributed by atoms with E-state index < -0.39 is 4.92 Å². The van der Waals surface area contributed by atoms with Crippen molar-refractivity contribution in [1.29, 1.82) is 0 Å². The second-order valence-corrected chi connectivity index (χ2v) is 6.82. The molecule has 1 heterocycles. The number of nitrogens with zero attached hydrogens (tertiary/aromatic N) is 2. The maximum Gasteiger partial charge on any atom is 0.270 e. The van der Waals surface area contributed by atoms with Crippen LogP contribution in [0.4, 0.5) is 11.4 Å². The fourth-order valence-electron chi connectivity index (χ4n) is 2.76. The van der Waals surface area contributed by atoms with Gasteiger partial charge in [0, 0.05) is 35.6 Å². The van der Waals surface area contributed by atoms with Gasteiger partial charge in [-0.1, -0.05) is 6.92 Å². The van der Waals surface area contributed by atoms with Crippen LogP contribution in [0.2, 0.25) is 0 Å². The van der Waals surface area contributed by atoms with Crippen molar-refractivity contribution in [2.75, 3.05) is 25.0 Å². The smallest absolute Gasteiger partial charge is 0.270 e. The molecule has 2 amide bonds. The van der Waals surface area contributed by atoms with Gasteiger partial charge in [0.15, 0.2) is 0 Å². The Hall–Kier alpha value is -2.00. The lowest BCUT2D eigenvalue weighted by Crippen LogP contribution is -2.49. The zero-order chi connectivity index (χ0) is 18.4. The van der Waals surface area contributed by atoms with Crippen molar-refractivity contribution in [3.05, 3.63) is 32.8 Å². The molecule has 1 aromatic rings. The molecule has 1 aromatic carbocycles. The SMILES string of the molecule is CCC(=O)NC1CCCN(CC(=O)Nc2ccc([N+](=O)[O-])cc2Br)C1. The van der Waals surface area contributed by atoms with Gasteiger partial charge in [0.1, 0.15) is 0 Å². The number of hydrogen-bond acceptors (Lipinski definition) is 5. The van der Waals surface area contributed by atoms with Crippen LogP contribution in [0, 0.1) is 10.1 Å². The first-order chi connectivity index (χ1) is 11.9. The minimum atomic E-state index is -0.491. The van der Waals surface area contributed by atoms with Gasteiger partial charge in [-0.3, -0.25) is 24.6 Å². The summed E-state index contributed by atoms with van der Waals surface area (Å²) in [6.45, 7) is 3.46. The fourth-order valence-corrected chi connectivity index (χ4v) is 3.22. The molecule has 0 spiro atoms. The summed E-state index contributed by atoms with van der Waals surface area (Å²) in [5.74, 6) is -0.178. The van der Waals surface area contributed by atoms with Crippen LogP contribution < -0.4 is 10.6 Å². The normalized spacial score (nSPS) is 17.8. The molecule has 136 valence electrons. The number of anilines is 1. The molecule has 8 nitrogen and oxygen atoms in total. The standard InChI is InChI=1S/C16H21BrN4O4/c1-2-15(22)18-11-4-3-7-20(9-11)10-16(23)19-14-6-5-12(21(24)25)8-13(14)17/h5-6,8,11H,2-4,7,9-10H2,1H3,(H,18,22)(H,19,23). The first-order valence-corrected chi connectivity index (χ1v) is 8.94. The Balaban J connectivity index is 1.89. The number of non-ortho nitro benzene ring substituents is 1. The Morgan fingerprint density at radius 3 is 2.80 bits per heavy atom. The average molecular weight is 413 g/mol. The van der Waals surface area contributed by atoms with Gasteiger partial charge in [0.2, 0.25) is 11.8 Å². The number of piperidine rings is 1. The van der Waals surface area contributed by atoms with Crippen molar-refractivity contribution in [1.82, 2.24) is 10.2 Å². The fraction of sp³-hybridized carbons (Fsp3) is 0.500. The highest BCUT2D eigenvalue weighted by molar-refractivity contribution is 9.10. The van der Waals surface area contributed by atoms with E-state index in [0.29, 0.717) is 23.1 Å². The molecule has 2 rings (SSSR count). The van der Waals surface area contributed by atoms with Crippen LogP contribution in [0.5, 0.6) is 0 Å². The van der Waals surface area contributed by atoms with E-state index in [2.05, 4.69) is 26.6 Å². The monoisotopic (exact) mass is 412 g/mol. The third kappa shape index (κ3) is 5.79. The number of nitrogens with one attached hydrogen (secondary N) is 2. The summed E-state index contributed by atoms with van der Waals surface area (Å²) in [7, 11) is 0. The summed E-state index contributed by atoms with van der Waals surface area (Å²) in [4.78, 5) is 36.0. The van der Waals surface area contributed by atoms with Crippen LogP contribution in [0.1, 0.15) is 26.2 Å². The van der Waals surface area contributed by atoms with Crippen molar-refractivity contribution in [3.63, 3.8) is 0 Å². The Labute approximate surface area is 154 Å². The summed E-state index contributed by atoms with van der Waals surface area (Å²) in [6.07, 6.45) is 2.28. The van der Waals surface area contributed by atoms with Gasteiger partial charge in [0.05, 0.1) is 17.2 Å². The number of amides is 2. The lowest BCUT2D eigenvalue weighted by Gasteiger charge is -2.32. The number of nitro groups is 1. The van der Waals surface area contributed by atoms with E-state index in [1.54, 1.807) is 0 Å². The van der Waals surface area contributed by atoms with Crippen molar-refractivity contribution >= 4 is 39.1 Å². The highest BCUT2D eigenvalue weighted by Gasteiger charge is 2.22. The van der Waals surface area contributed by atoms with E-state index in [1.807, 2.05) is 11.8 Å². The number of likely N-dealkylation sites (tertiary alicyclic amines) is 1. The van der Waals surface area contributed by atoms with E-state index in [-0.39, 0.29) is 30.1 Å². The van der Waals surface area contributed by atoms with Crippen molar-refractivity contribution in [2.24, 2.45) is 0 Å². The third-order valence-corrected chi connectivity index (χ3v) is 4.65. The molecule has 0 radical (unpaired) electrons. The first kappa shape index (κ1) is 19.3. The molecule has 0 bridgehead atoms. The Bertz CT molecular complexity index is 668. The van der Waals surface area contributed by atoms with Gasteiger partial charge in [-0.2, -0.15) is 0 Å². The Morgan fingerprint density at radius 1 is 1.40 bits per heavy atom. The summed E-state index contributed by atoms with van der Waals surface area (Å²) < 4.78 is 0.460. The number of halogens is 1. The number of benzene rings is 1. The van der Waals surface area contributed by atoms with Gasteiger partial charge in [-0.25, -0.2) is 0 Å². The molecule has 0 aromatic heterocycles. The van der Waals surface area contributed by atoms with Gasteiger partial charge < -0.3 is 10.6 Å². The van der Waals surface area contributed by atoms with Gasteiger partial charge in [-0.05, 0) is 41.4 Å². The van der Waals surface area contributed by atoms with Crippen molar-refractivity contribution in [2.45, 2.75) is 32.2 Å². The highest BCUT2D eigenvalue weighted by Crippen LogP contribution is 2.27. The number of nitro benzene ring substituents is 1. The van der Waals surface area contributed by atoms with Crippen LogP contribution in [0.25, 0.3) is 0 Å². The van der Waals surface area contributed by atoms with E-state index in [9.17, 15) is 19.7 Å². The summed E-state index contributed by atoms with van der Waals surface area (Å²) >= 11 is 3.23. The largest absolute Gasteiger partial charge is 0.352 e. The molecule has 2 N–H and O–H groups in total. The minimum Gasteiger partial charge on any atom is -0.352 e. The Morgan fingerprint density at radius 2 is 2.16 bits per heavy atom. The number of hydrogen-bond donors (Lipinski definition) is 2. The summed E-state index contributed by atoms with van der Waals surface area (Å²) in [6, 6.07) is 4.27.